The van der Waals surface area contributed by atoms with Crippen molar-refractivity contribution >= 4 is 17.5 Å². The average molecular weight is 320 g/mol. The van der Waals surface area contributed by atoms with Crippen LogP contribution in [0.4, 0.5) is 5.69 Å². The molecule has 0 bridgehead atoms. The van der Waals surface area contributed by atoms with Crippen molar-refractivity contribution in [3.63, 3.8) is 0 Å². The summed E-state index contributed by atoms with van der Waals surface area (Å²) in [4.78, 5) is 27.3. The highest BCUT2D eigenvalue weighted by Gasteiger charge is 2.08. The van der Waals surface area contributed by atoms with Gasteiger partial charge in [0.05, 0.1) is 6.33 Å². The molecule has 0 saturated heterocycles. The fraction of sp³-hybridized carbons (Fsp3) is 0.0556. The topological polar surface area (TPSA) is 90.0 Å². The third kappa shape index (κ3) is 3.67. The molecule has 0 atom stereocenters. The Kier molecular flexibility index (Phi) is 4.38. The number of nitrogens with zero attached hydrogens (tertiary/aromatic N) is 2. The van der Waals surface area contributed by atoms with E-state index in [0.717, 1.165) is 5.56 Å². The van der Waals surface area contributed by atoms with Crippen LogP contribution < -0.4 is 11.1 Å². The van der Waals surface area contributed by atoms with Crippen molar-refractivity contribution in [2.24, 2.45) is 5.73 Å². The Hall–Kier alpha value is -3.41. The van der Waals surface area contributed by atoms with Gasteiger partial charge in [-0.15, -0.1) is 0 Å². The highest BCUT2D eigenvalue weighted by atomic mass is 16.2. The zero-order valence-electron chi connectivity index (χ0n) is 12.8. The Morgan fingerprint density at radius 3 is 2.50 bits per heavy atom. The van der Waals surface area contributed by atoms with E-state index in [2.05, 4.69) is 10.3 Å². The number of nitrogens with one attached hydrogen (secondary N) is 1. The third-order valence-corrected chi connectivity index (χ3v) is 3.54. The largest absolute Gasteiger partial charge is 0.366 e. The monoisotopic (exact) mass is 320 g/mol. The average Bonchev–Trinajstić information content (AvgIpc) is 3.08. The van der Waals surface area contributed by atoms with Crippen molar-refractivity contribution in [1.82, 2.24) is 9.55 Å². The maximum Gasteiger partial charge on any atom is 0.255 e. The molecule has 120 valence electrons. The van der Waals surface area contributed by atoms with E-state index in [9.17, 15) is 9.59 Å². The molecule has 0 unspecified atom stereocenters. The SMILES string of the molecule is NC(=O)c1ccc(C(=O)Nc2cccc(Cn3ccnc3)c2)cc1. The highest BCUT2D eigenvalue weighted by molar-refractivity contribution is 6.05. The molecule has 1 aromatic heterocycles. The predicted molar refractivity (Wildman–Crippen MR) is 90.7 cm³/mol. The minimum absolute atomic E-state index is 0.245. The van der Waals surface area contributed by atoms with Crippen LogP contribution in [0.1, 0.15) is 26.3 Å². The van der Waals surface area contributed by atoms with Gasteiger partial charge in [0.25, 0.3) is 5.91 Å². The van der Waals surface area contributed by atoms with Crippen molar-refractivity contribution < 1.29 is 9.59 Å². The van der Waals surface area contributed by atoms with Gasteiger partial charge in [-0.05, 0) is 42.0 Å². The standard InChI is InChI=1S/C18H16N4O2/c19-17(23)14-4-6-15(7-5-14)18(24)21-16-3-1-2-13(10-16)11-22-9-8-20-12-22/h1-10,12H,11H2,(H2,19,23)(H,21,24). The first-order valence-electron chi connectivity index (χ1n) is 7.38. The van der Waals surface area contributed by atoms with Crippen LogP contribution in [0.2, 0.25) is 0 Å². The highest BCUT2D eigenvalue weighted by Crippen LogP contribution is 2.14. The van der Waals surface area contributed by atoms with Gasteiger partial charge in [0.2, 0.25) is 5.91 Å². The number of hydrogen-bond donors (Lipinski definition) is 2. The van der Waals surface area contributed by atoms with Crippen LogP contribution in [0, 0.1) is 0 Å². The number of primary amides is 1. The fourth-order valence-electron chi connectivity index (χ4n) is 2.33. The predicted octanol–water partition coefficient (Wildman–Crippen LogP) is 2.28. The molecule has 0 radical (unpaired) electrons. The molecule has 3 rings (SSSR count). The second-order valence-electron chi connectivity index (χ2n) is 5.33. The Bertz CT molecular complexity index is 855. The number of imidazole rings is 1. The molecule has 0 spiro atoms. The summed E-state index contributed by atoms with van der Waals surface area (Å²) >= 11 is 0. The quantitative estimate of drug-likeness (QED) is 0.755. The minimum atomic E-state index is -0.519. The molecule has 0 aliphatic heterocycles. The summed E-state index contributed by atoms with van der Waals surface area (Å²) in [5.41, 5.74) is 7.77. The minimum Gasteiger partial charge on any atom is -0.366 e. The number of nitrogens with two attached hydrogens (primary N) is 1. The molecule has 6 heteroatoms. The molecule has 0 aliphatic carbocycles. The first-order chi connectivity index (χ1) is 11.6. The van der Waals surface area contributed by atoms with Gasteiger partial charge in [-0.3, -0.25) is 9.59 Å². The van der Waals surface area contributed by atoms with E-state index in [1.807, 2.05) is 35.0 Å². The summed E-state index contributed by atoms with van der Waals surface area (Å²) in [6, 6.07) is 13.8. The first-order valence-corrected chi connectivity index (χ1v) is 7.38. The van der Waals surface area contributed by atoms with Crippen LogP contribution in [-0.2, 0) is 6.54 Å². The second-order valence-corrected chi connectivity index (χ2v) is 5.33. The van der Waals surface area contributed by atoms with E-state index < -0.39 is 5.91 Å². The number of anilines is 1. The molecule has 3 aromatic rings. The van der Waals surface area contributed by atoms with Crippen LogP contribution in [0.5, 0.6) is 0 Å². The molecular weight excluding hydrogens is 304 g/mol. The molecule has 2 amide bonds. The zero-order valence-corrected chi connectivity index (χ0v) is 12.8. The Balaban J connectivity index is 1.71. The zero-order chi connectivity index (χ0) is 16.9. The molecular formula is C18H16N4O2. The third-order valence-electron chi connectivity index (χ3n) is 3.54. The van der Waals surface area contributed by atoms with E-state index in [-0.39, 0.29) is 5.91 Å². The summed E-state index contributed by atoms with van der Waals surface area (Å²) < 4.78 is 1.95. The van der Waals surface area contributed by atoms with E-state index in [1.54, 1.807) is 24.7 Å². The van der Waals surface area contributed by atoms with Crippen molar-refractivity contribution in [2.45, 2.75) is 6.54 Å². The van der Waals surface area contributed by atoms with Crippen molar-refractivity contribution in [3.8, 4) is 0 Å². The molecule has 0 aliphatic rings. The van der Waals surface area contributed by atoms with Gasteiger partial charge in [-0.2, -0.15) is 0 Å². The number of amides is 2. The second kappa shape index (κ2) is 6.78. The fourth-order valence-corrected chi connectivity index (χ4v) is 2.33. The molecule has 6 nitrogen and oxygen atoms in total. The van der Waals surface area contributed by atoms with Gasteiger partial charge in [0.15, 0.2) is 0 Å². The maximum atomic E-state index is 12.3. The van der Waals surface area contributed by atoms with Crippen molar-refractivity contribution in [3.05, 3.63) is 83.9 Å². The number of benzene rings is 2. The number of aromatic nitrogens is 2. The van der Waals surface area contributed by atoms with Crippen molar-refractivity contribution in [1.29, 1.82) is 0 Å². The van der Waals surface area contributed by atoms with E-state index in [1.165, 1.54) is 12.1 Å². The smallest absolute Gasteiger partial charge is 0.255 e. The number of rotatable bonds is 5. The molecule has 0 saturated carbocycles. The van der Waals surface area contributed by atoms with Crippen molar-refractivity contribution in [2.75, 3.05) is 5.32 Å². The summed E-state index contributed by atoms with van der Waals surface area (Å²) in [5.74, 6) is -0.764. The number of carbonyl (C=O) groups is 2. The number of hydrogen-bond acceptors (Lipinski definition) is 3. The molecule has 0 fully saturated rings. The van der Waals surface area contributed by atoms with Gasteiger partial charge in [-0.25, -0.2) is 4.98 Å². The van der Waals surface area contributed by atoms with Gasteiger partial charge in [0.1, 0.15) is 0 Å². The lowest BCUT2D eigenvalue weighted by atomic mass is 10.1. The van der Waals surface area contributed by atoms with E-state index in [0.29, 0.717) is 23.4 Å². The van der Waals surface area contributed by atoms with Crippen LogP contribution >= 0.6 is 0 Å². The van der Waals surface area contributed by atoms with Crippen LogP contribution in [0.15, 0.2) is 67.3 Å². The van der Waals surface area contributed by atoms with Gasteiger partial charge >= 0.3 is 0 Å². The Morgan fingerprint density at radius 1 is 1.08 bits per heavy atom. The summed E-state index contributed by atoms with van der Waals surface area (Å²) in [7, 11) is 0. The lowest BCUT2D eigenvalue weighted by molar-refractivity contribution is 0.0995. The lowest BCUT2D eigenvalue weighted by Gasteiger charge is -2.08. The van der Waals surface area contributed by atoms with E-state index >= 15 is 0 Å². The van der Waals surface area contributed by atoms with Gasteiger partial charge in [0, 0.05) is 35.8 Å². The molecule has 24 heavy (non-hydrogen) atoms. The summed E-state index contributed by atoms with van der Waals surface area (Å²) in [6.07, 6.45) is 5.35. The molecule has 2 aromatic carbocycles. The first kappa shape index (κ1) is 15.5. The molecule has 1 heterocycles. The summed E-state index contributed by atoms with van der Waals surface area (Å²) in [6.45, 7) is 0.678. The van der Waals surface area contributed by atoms with E-state index in [4.69, 9.17) is 5.73 Å². The Labute approximate surface area is 138 Å². The Morgan fingerprint density at radius 2 is 1.83 bits per heavy atom. The number of carbonyl (C=O) groups excluding carboxylic acids is 2. The normalized spacial score (nSPS) is 10.3. The van der Waals surface area contributed by atoms with Gasteiger partial charge < -0.3 is 15.6 Å². The summed E-state index contributed by atoms with van der Waals surface area (Å²) in [5, 5.41) is 2.85. The van der Waals surface area contributed by atoms with Gasteiger partial charge in [-0.1, -0.05) is 12.1 Å². The lowest BCUT2D eigenvalue weighted by Crippen LogP contribution is -2.14. The van der Waals surface area contributed by atoms with Crippen LogP contribution in [0.3, 0.4) is 0 Å². The maximum absolute atomic E-state index is 12.3. The van der Waals surface area contributed by atoms with Crippen LogP contribution in [0.25, 0.3) is 0 Å². The molecule has 3 N–H and O–H groups in total. The van der Waals surface area contributed by atoms with Crippen LogP contribution in [-0.4, -0.2) is 21.4 Å².